The zero-order chi connectivity index (χ0) is 21.4. The van der Waals surface area contributed by atoms with Gasteiger partial charge in [0.05, 0.1) is 12.5 Å². The molecule has 0 fully saturated rings. The maximum Gasteiger partial charge on any atom is 0.319 e. The molecular formula is C21H27N2O5P. The van der Waals surface area contributed by atoms with E-state index in [4.69, 9.17) is 10.2 Å². The summed E-state index contributed by atoms with van der Waals surface area (Å²) in [7, 11) is -3.85. The number of hydrogen-bond donors (Lipinski definition) is 3. The average Bonchev–Trinajstić information content (AvgIpc) is 2.66. The number of hydrogen-bond acceptors (Lipinski definition) is 4. The van der Waals surface area contributed by atoms with Crippen LogP contribution in [0.4, 0.5) is 0 Å². The lowest BCUT2D eigenvalue weighted by atomic mass is 10.1. The van der Waals surface area contributed by atoms with Crippen molar-refractivity contribution in [1.29, 1.82) is 0 Å². The van der Waals surface area contributed by atoms with Crippen molar-refractivity contribution in [2.45, 2.75) is 44.5 Å². The summed E-state index contributed by atoms with van der Waals surface area (Å²) in [6.45, 7) is 3.40. The summed E-state index contributed by atoms with van der Waals surface area (Å²) in [4.78, 5) is 24.1. The zero-order valence-corrected chi connectivity index (χ0v) is 17.4. The maximum atomic E-state index is 13.5. The van der Waals surface area contributed by atoms with Crippen molar-refractivity contribution in [1.82, 2.24) is 5.09 Å². The summed E-state index contributed by atoms with van der Waals surface area (Å²) in [5.74, 6) is -1.75. The Morgan fingerprint density at radius 1 is 1.07 bits per heavy atom. The molecule has 7 nitrogen and oxygen atoms in total. The second kappa shape index (κ2) is 10.3. The molecule has 0 saturated heterocycles. The van der Waals surface area contributed by atoms with Gasteiger partial charge in [0.1, 0.15) is 5.66 Å². The number of carboxylic acid groups (broad SMARTS) is 1. The molecule has 0 aromatic heterocycles. The smallest absolute Gasteiger partial charge is 0.319 e. The molecule has 0 amide bonds. The van der Waals surface area contributed by atoms with Crippen LogP contribution < -0.4 is 10.6 Å². The van der Waals surface area contributed by atoms with E-state index < -0.39 is 37.2 Å². The molecule has 8 heteroatoms. The van der Waals surface area contributed by atoms with Gasteiger partial charge in [-0.15, -0.1) is 0 Å². The van der Waals surface area contributed by atoms with Crippen LogP contribution in [0.2, 0.25) is 0 Å². The van der Waals surface area contributed by atoms with E-state index in [0.717, 1.165) is 5.56 Å². The third-order valence-electron chi connectivity index (χ3n) is 4.30. The number of nitrogens with one attached hydrogen (secondary N) is 1. The Morgan fingerprint density at radius 3 is 2.14 bits per heavy atom. The van der Waals surface area contributed by atoms with Crippen LogP contribution >= 0.6 is 7.44 Å². The minimum Gasteiger partial charge on any atom is -0.481 e. The Morgan fingerprint density at radius 2 is 1.62 bits per heavy atom. The van der Waals surface area contributed by atoms with Gasteiger partial charge < -0.3 is 9.84 Å². The van der Waals surface area contributed by atoms with Crippen molar-refractivity contribution >= 4 is 19.4 Å². The lowest BCUT2D eigenvalue weighted by molar-refractivity contribution is -0.147. The molecule has 2 aromatic carbocycles. The standard InChI is InChI=1S/C21H27N2O5P/c1-15(2)28-21(26)19(13-16-9-5-3-6-10-16)29(22,27)23-18(14-20(24)25)17-11-7-4-8-12-17/h3-12,15,18-19H,13-14H2,1-2H3,(H,24,25)(H3,22,23,27)/t18?,19-,29?/m0/s1. The number of benzene rings is 2. The fraction of sp³-hybridized carbons (Fsp3) is 0.333. The first-order chi connectivity index (χ1) is 13.7. The van der Waals surface area contributed by atoms with Gasteiger partial charge >= 0.3 is 11.9 Å². The molecule has 0 aliphatic heterocycles. The number of carbonyl (C=O) groups is 2. The molecule has 0 heterocycles. The van der Waals surface area contributed by atoms with Gasteiger partial charge in [0.15, 0.2) is 0 Å². The molecule has 0 aliphatic carbocycles. The minimum atomic E-state index is -3.85. The van der Waals surface area contributed by atoms with Crippen molar-refractivity contribution < 1.29 is 24.0 Å². The van der Waals surface area contributed by atoms with E-state index in [0.29, 0.717) is 5.56 Å². The largest absolute Gasteiger partial charge is 0.481 e. The Balaban J connectivity index is 2.33. The van der Waals surface area contributed by atoms with Gasteiger partial charge in [-0.3, -0.25) is 19.7 Å². The number of carboxylic acids is 1. The predicted molar refractivity (Wildman–Crippen MR) is 112 cm³/mol. The van der Waals surface area contributed by atoms with Gasteiger partial charge in [-0.25, -0.2) is 5.09 Å². The van der Waals surface area contributed by atoms with Gasteiger partial charge in [-0.05, 0) is 31.4 Å². The van der Waals surface area contributed by atoms with Gasteiger partial charge in [-0.2, -0.15) is 0 Å². The Bertz CT molecular complexity index is 858. The van der Waals surface area contributed by atoms with Crippen LogP contribution in [0, 0.1) is 0 Å². The van der Waals surface area contributed by atoms with E-state index in [1.807, 2.05) is 30.3 Å². The number of nitrogens with two attached hydrogens (primary N) is 1. The fourth-order valence-corrected chi connectivity index (χ4v) is 4.72. The first-order valence-electron chi connectivity index (χ1n) is 9.36. The molecule has 3 atom stereocenters. The van der Waals surface area contributed by atoms with Gasteiger partial charge in [0, 0.05) is 6.04 Å². The third-order valence-corrected chi connectivity index (χ3v) is 6.33. The fourth-order valence-electron chi connectivity index (χ4n) is 2.96. The summed E-state index contributed by atoms with van der Waals surface area (Å²) in [6.07, 6.45) is -0.616. The highest BCUT2D eigenvalue weighted by atomic mass is 31.2. The highest BCUT2D eigenvalue weighted by Gasteiger charge is 2.39. The van der Waals surface area contributed by atoms with E-state index in [-0.39, 0.29) is 12.8 Å². The number of carbonyl (C=O) groups excluding carboxylic acids is 1. The highest BCUT2D eigenvalue weighted by molar-refractivity contribution is 7.61. The number of aliphatic carboxylic acids is 1. The summed E-state index contributed by atoms with van der Waals surface area (Å²) in [5, 5.41) is 12.0. The van der Waals surface area contributed by atoms with Crippen LogP contribution in [0.15, 0.2) is 60.7 Å². The molecular weight excluding hydrogens is 391 g/mol. The number of ether oxygens (including phenoxy) is 1. The average molecular weight is 418 g/mol. The second-order valence-corrected chi connectivity index (χ2v) is 9.39. The molecule has 0 bridgehead atoms. The number of rotatable bonds is 10. The van der Waals surface area contributed by atoms with Gasteiger partial charge in [-0.1, -0.05) is 60.7 Å². The first kappa shape index (κ1) is 22.8. The van der Waals surface area contributed by atoms with Crippen molar-refractivity contribution in [2.24, 2.45) is 5.50 Å². The van der Waals surface area contributed by atoms with Crippen molar-refractivity contribution in [3.8, 4) is 0 Å². The van der Waals surface area contributed by atoms with E-state index in [1.165, 1.54) is 0 Å². The maximum absolute atomic E-state index is 13.5. The van der Waals surface area contributed by atoms with Crippen LogP contribution in [0.5, 0.6) is 0 Å². The van der Waals surface area contributed by atoms with Crippen molar-refractivity contribution in [2.75, 3.05) is 0 Å². The monoisotopic (exact) mass is 418 g/mol. The SMILES string of the molecule is CC(C)OC(=O)[C@H](Cc1ccccc1)P(N)(=O)NC(CC(=O)O)c1ccccc1. The molecule has 2 unspecified atom stereocenters. The highest BCUT2D eigenvalue weighted by Crippen LogP contribution is 2.44. The van der Waals surface area contributed by atoms with Gasteiger partial charge in [0.2, 0.25) is 7.44 Å². The minimum absolute atomic E-state index is 0.113. The molecule has 0 spiro atoms. The summed E-state index contributed by atoms with van der Waals surface area (Å²) in [6, 6.07) is 17.0. The van der Waals surface area contributed by atoms with Gasteiger partial charge in [0.25, 0.3) is 0 Å². The molecule has 2 rings (SSSR count). The van der Waals surface area contributed by atoms with Crippen LogP contribution in [-0.2, 0) is 25.3 Å². The molecule has 0 radical (unpaired) electrons. The predicted octanol–water partition coefficient (Wildman–Crippen LogP) is 3.51. The molecule has 29 heavy (non-hydrogen) atoms. The Kier molecular flexibility index (Phi) is 8.14. The topological polar surface area (TPSA) is 119 Å². The second-order valence-electron chi connectivity index (χ2n) is 7.09. The van der Waals surface area contributed by atoms with E-state index in [9.17, 15) is 19.3 Å². The Labute approximate surface area is 170 Å². The van der Waals surface area contributed by atoms with Crippen LogP contribution in [0.3, 0.4) is 0 Å². The van der Waals surface area contributed by atoms with Crippen molar-refractivity contribution in [3.63, 3.8) is 0 Å². The van der Waals surface area contributed by atoms with E-state index in [1.54, 1.807) is 44.2 Å². The lowest BCUT2D eigenvalue weighted by Gasteiger charge is -2.28. The summed E-state index contributed by atoms with van der Waals surface area (Å²) in [5.41, 5.74) is 6.40. The summed E-state index contributed by atoms with van der Waals surface area (Å²) >= 11 is 0. The van der Waals surface area contributed by atoms with E-state index in [2.05, 4.69) is 5.09 Å². The van der Waals surface area contributed by atoms with E-state index >= 15 is 0 Å². The molecule has 0 aliphatic rings. The molecule has 2 aromatic rings. The Hall–Kier alpha value is -2.47. The molecule has 4 N–H and O–H groups in total. The van der Waals surface area contributed by atoms with Crippen LogP contribution in [0.1, 0.15) is 37.4 Å². The summed E-state index contributed by atoms with van der Waals surface area (Å²) < 4.78 is 18.8. The van der Waals surface area contributed by atoms with Crippen molar-refractivity contribution in [3.05, 3.63) is 71.8 Å². The molecule has 0 saturated carbocycles. The quantitative estimate of drug-likeness (QED) is 0.399. The van der Waals surface area contributed by atoms with Crippen LogP contribution in [0.25, 0.3) is 0 Å². The number of esters is 1. The third kappa shape index (κ3) is 7.13. The van der Waals surface area contributed by atoms with Crippen LogP contribution in [-0.4, -0.2) is 28.8 Å². The first-order valence-corrected chi connectivity index (χ1v) is 11.2. The normalized spacial score (nSPS) is 15.3. The molecule has 156 valence electrons. The lowest BCUT2D eigenvalue weighted by Crippen LogP contribution is -2.37. The zero-order valence-electron chi connectivity index (χ0n) is 16.5.